The smallest absolute Gasteiger partial charge is 0.175 e. The summed E-state index contributed by atoms with van der Waals surface area (Å²) in [6.07, 6.45) is 4.80. The van der Waals surface area contributed by atoms with E-state index in [1.54, 1.807) is 29.1 Å². The summed E-state index contributed by atoms with van der Waals surface area (Å²) in [4.78, 5) is 0.276. The first-order valence-electron chi connectivity index (χ1n) is 6.24. The lowest BCUT2D eigenvalue weighted by atomic mass is 10.0. The van der Waals surface area contributed by atoms with Gasteiger partial charge in [-0.3, -0.25) is 10.5 Å². The molecule has 0 amide bonds. The quantitative estimate of drug-likeness (QED) is 0.630. The zero-order valence-electron chi connectivity index (χ0n) is 11.4. The lowest BCUT2D eigenvalue weighted by molar-refractivity contribution is 0.600. The van der Waals surface area contributed by atoms with Crippen LogP contribution in [-0.4, -0.2) is 24.5 Å². The Balaban J connectivity index is 2.42. The van der Waals surface area contributed by atoms with E-state index in [0.29, 0.717) is 0 Å². The standard InChI is InChI=1S/C13H18N4O2S/c1-3-17-9-11(8-15-17)13(16-14)10-5-4-6-12(7-10)20(2,18)19/h4-9,13,16H,3,14H2,1-2H3. The molecule has 0 aliphatic carbocycles. The lowest BCUT2D eigenvalue weighted by Gasteiger charge is -2.15. The summed E-state index contributed by atoms with van der Waals surface area (Å²) in [6, 6.07) is 6.45. The van der Waals surface area contributed by atoms with E-state index in [-0.39, 0.29) is 10.9 Å². The fourth-order valence-corrected chi connectivity index (χ4v) is 2.69. The van der Waals surface area contributed by atoms with Crippen LogP contribution >= 0.6 is 0 Å². The Morgan fingerprint density at radius 3 is 2.70 bits per heavy atom. The van der Waals surface area contributed by atoms with E-state index in [1.165, 1.54) is 6.26 Å². The van der Waals surface area contributed by atoms with Gasteiger partial charge in [0, 0.05) is 24.6 Å². The van der Waals surface area contributed by atoms with Gasteiger partial charge in [0.2, 0.25) is 0 Å². The van der Waals surface area contributed by atoms with Gasteiger partial charge in [0.05, 0.1) is 17.1 Å². The molecular weight excluding hydrogens is 276 g/mol. The molecule has 0 spiro atoms. The van der Waals surface area contributed by atoms with E-state index in [9.17, 15) is 8.42 Å². The van der Waals surface area contributed by atoms with Crippen LogP contribution in [0.4, 0.5) is 0 Å². The van der Waals surface area contributed by atoms with Crippen molar-refractivity contribution in [2.45, 2.75) is 24.4 Å². The Morgan fingerprint density at radius 1 is 1.40 bits per heavy atom. The van der Waals surface area contributed by atoms with Gasteiger partial charge in [-0.15, -0.1) is 0 Å². The summed E-state index contributed by atoms with van der Waals surface area (Å²) in [7, 11) is -3.24. The van der Waals surface area contributed by atoms with Crippen molar-refractivity contribution < 1.29 is 8.42 Å². The summed E-state index contributed by atoms with van der Waals surface area (Å²) in [5.41, 5.74) is 4.37. The van der Waals surface area contributed by atoms with E-state index >= 15 is 0 Å². The van der Waals surface area contributed by atoms with Gasteiger partial charge in [0.15, 0.2) is 9.84 Å². The van der Waals surface area contributed by atoms with Crippen LogP contribution in [0, 0.1) is 0 Å². The molecular formula is C13H18N4O2S. The first-order valence-corrected chi connectivity index (χ1v) is 8.13. The highest BCUT2D eigenvalue weighted by molar-refractivity contribution is 7.90. The fraction of sp³-hybridized carbons (Fsp3) is 0.308. The minimum Gasteiger partial charge on any atom is -0.273 e. The van der Waals surface area contributed by atoms with Gasteiger partial charge >= 0.3 is 0 Å². The summed E-state index contributed by atoms with van der Waals surface area (Å²) in [6.45, 7) is 2.76. The highest BCUT2D eigenvalue weighted by Crippen LogP contribution is 2.23. The molecule has 2 aromatic rings. The number of nitrogens with two attached hydrogens (primary N) is 1. The highest BCUT2D eigenvalue weighted by Gasteiger charge is 2.16. The van der Waals surface area contributed by atoms with Crippen LogP contribution in [0.25, 0.3) is 0 Å². The number of nitrogens with zero attached hydrogens (tertiary/aromatic N) is 2. The van der Waals surface area contributed by atoms with Crippen LogP contribution in [0.15, 0.2) is 41.6 Å². The first kappa shape index (κ1) is 14.7. The minimum absolute atomic E-state index is 0.276. The summed E-state index contributed by atoms with van der Waals surface area (Å²) >= 11 is 0. The van der Waals surface area contributed by atoms with E-state index in [2.05, 4.69) is 10.5 Å². The summed E-state index contributed by atoms with van der Waals surface area (Å²) in [5, 5.41) is 4.20. The molecule has 1 aromatic heterocycles. The number of benzene rings is 1. The molecule has 1 aromatic carbocycles. The van der Waals surface area contributed by atoms with Crippen molar-refractivity contribution in [2.24, 2.45) is 5.84 Å². The number of aryl methyl sites for hydroxylation is 1. The zero-order valence-corrected chi connectivity index (χ0v) is 12.3. The molecule has 0 aliphatic rings. The summed E-state index contributed by atoms with van der Waals surface area (Å²) in [5.74, 6) is 5.61. The molecule has 0 saturated carbocycles. The number of aromatic nitrogens is 2. The van der Waals surface area contributed by atoms with E-state index in [1.807, 2.05) is 19.2 Å². The van der Waals surface area contributed by atoms with E-state index < -0.39 is 9.84 Å². The molecule has 6 nitrogen and oxygen atoms in total. The second-order valence-corrected chi connectivity index (χ2v) is 6.59. The molecule has 0 bridgehead atoms. The molecule has 108 valence electrons. The number of rotatable bonds is 5. The summed E-state index contributed by atoms with van der Waals surface area (Å²) < 4.78 is 25.0. The van der Waals surface area contributed by atoms with Crippen molar-refractivity contribution in [3.8, 4) is 0 Å². The highest BCUT2D eigenvalue weighted by atomic mass is 32.2. The minimum atomic E-state index is -3.24. The molecule has 2 rings (SSSR count). The normalized spacial score (nSPS) is 13.3. The molecule has 20 heavy (non-hydrogen) atoms. The van der Waals surface area contributed by atoms with Crippen molar-refractivity contribution in [1.82, 2.24) is 15.2 Å². The molecule has 0 fully saturated rings. The van der Waals surface area contributed by atoms with Crippen LogP contribution in [-0.2, 0) is 16.4 Å². The number of nitrogens with one attached hydrogen (secondary N) is 1. The van der Waals surface area contributed by atoms with Crippen molar-refractivity contribution in [2.75, 3.05) is 6.26 Å². The van der Waals surface area contributed by atoms with Gasteiger partial charge in [0.1, 0.15) is 0 Å². The third-order valence-corrected chi connectivity index (χ3v) is 4.21. The molecule has 0 saturated heterocycles. The van der Waals surface area contributed by atoms with Crippen molar-refractivity contribution in [3.63, 3.8) is 0 Å². The predicted octanol–water partition coefficient (Wildman–Crippen LogP) is 0.859. The molecule has 7 heteroatoms. The average molecular weight is 294 g/mol. The Kier molecular flexibility index (Phi) is 4.22. The SMILES string of the molecule is CCn1cc(C(NN)c2cccc(S(C)(=O)=O)c2)cn1. The third kappa shape index (κ3) is 3.06. The molecule has 0 aliphatic heterocycles. The van der Waals surface area contributed by atoms with Crippen molar-refractivity contribution in [3.05, 3.63) is 47.8 Å². The fourth-order valence-electron chi connectivity index (χ4n) is 2.01. The lowest BCUT2D eigenvalue weighted by Crippen LogP contribution is -2.28. The Labute approximate surface area is 118 Å². The number of hydrogen-bond donors (Lipinski definition) is 2. The first-order chi connectivity index (χ1) is 9.45. The maximum atomic E-state index is 11.6. The predicted molar refractivity (Wildman–Crippen MR) is 76.6 cm³/mol. The third-order valence-electron chi connectivity index (χ3n) is 3.10. The Hall–Kier alpha value is -1.70. The second kappa shape index (κ2) is 5.74. The zero-order chi connectivity index (χ0) is 14.8. The van der Waals surface area contributed by atoms with Crippen molar-refractivity contribution >= 4 is 9.84 Å². The molecule has 0 radical (unpaired) electrons. The second-order valence-electron chi connectivity index (χ2n) is 4.57. The maximum absolute atomic E-state index is 11.6. The monoisotopic (exact) mass is 294 g/mol. The maximum Gasteiger partial charge on any atom is 0.175 e. The van der Waals surface area contributed by atoms with Gasteiger partial charge in [-0.05, 0) is 24.6 Å². The topological polar surface area (TPSA) is 90.0 Å². The van der Waals surface area contributed by atoms with E-state index in [0.717, 1.165) is 17.7 Å². The average Bonchev–Trinajstić information content (AvgIpc) is 2.88. The van der Waals surface area contributed by atoms with Crippen LogP contribution in [0.5, 0.6) is 0 Å². The molecule has 1 heterocycles. The van der Waals surface area contributed by atoms with Gasteiger partial charge in [0.25, 0.3) is 0 Å². The van der Waals surface area contributed by atoms with Crippen LogP contribution < -0.4 is 11.3 Å². The van der Waals surface area contributed by atoms with Crippen LogP contribution in [0.1, 0.15) is 24.1 Å². The van der Waals surface area contributed by atoms with Gasteiger partial charge in [-0.1, -0.05) is 12.1 Å². The number of hydrogen-bond acceptors (Lipinski definition) is 5. The Bertz CT molecular complexity index is 694. The molecule has 1 unspecified atom stereocenters. The van der Waals surface area contributed by atoms with Crippen LogP contribution in [0.2, 0.25) is 0 Å². The van der Waals surface area contributed by atoms with Gasteiger partial charge in [-0.2, -0.15) is 5.10 Å². The van der Waals surface area contributed by atoms with Gasteiger partial charge < -0.3 is 0 Å². The number of hydrazine groups is 1. The van der Waals surface area contributed by atoms with E-state index in [4.69, 9.17) is 5.84 Å². The molecule has 3 N–H and O–H groups in total. The Morgan fingerprint density at radius 2 is 2.15 bits per heavy atom. The largest absolute Gasteiger partial charge is 0.273 e. The van der Waals surface area contributed by atoms with Crippen molar-refractivity contribution in [1.29, 1.82) is 0 Å². The molecule has 1 atom stereocenters. The van der Waals surface area contributed by atoms with Crippen LogP contribution in [0.3, 0.4) is 0 Å². The number of sulfone groups is 1. The van der Waals surface area contributed by atoms with Gasteiger partial charge in [-0.25, -0.2) is 13.8 Å².